The molecule has 0 aromatic rings. The summed E-state index contributed by atoms with van der Waals surface area (Å²) in [5.41, 5.74) is 0. The molecule has 120 valence electrons. The fourth-order valence-electron chi connectivity index (χ4n) is 3.14. The van der Waals surface area contributed by atoms with Crippen molar-refractivity contribution in [2.45, 2.75) is 51.7 Å². The second-order valence-electron chi connectivity index (χ2n) is 6.31. The van der Waals surface area contributed by atoms with Gasteiger partial charge in [-0.1, -0.05) is 19.8 Å². The van der Waals surface area contributed by atoms with Gasteiger partial charge in [-0.3, -0.25) is 15.0 Å². The summed E-state index contributed by atoms with van der Waals surface area (Å²) >= 11 is 0. The molecule has 1 saturated carbocycles. The van der Waals surface area contributed by atoms with E-state index in [0.29, 0.717) is 12.5 Å². The number of rotatable bonds is 3. The molecule has 6 nitrogen and oxygen atoms in total. The Balaban J connectivity index is 1.70. The van der Waals surface area contributed by atoms with Gasteiger partial charge in [0.2, 0.25) is 5.91 Å². The highest BCUT2D eigenvalue weighted by atomic mass is 16.5. The number of urea groups is 1. The first-order valence-corrected chi connectivity index (χ1v) is 7.99. The third-order valence-corrected chi connectivity index (χ3v) is 4.37. The Labute approximate surface area is 126 Å². The zero-order chi connectivity index (χ0) is 15.2. The minimum absolute atomic E-state index is 0.142. The summed E-state index contributed by atoms with van der Waals surface area (Å²) in [6, 6.07) is -0.171. The van der Waals surface area contributed by atoms with Gasteiger partial charge in [0.1, 0.15) is 0 Å². The molecule has 1 heterocycles. The largest absolute Gasteiger partial charge is 0.376 e. The van der Waals surface area contributed by atoms with Crippen molar-refractivity contribution in [3.05, 3.63) is 0 Å². The molecule has 2 rings (SSSR count). The molecule has 2 fully saturated rings. The maximum absolute atomic E-state index is 11.9. The first-order valence-electron chi connectivity index (χ1n) is 7.99. The maximum Gasteiger partial charge on any atom is 0.321 e. The van der Waals surface area contributed by atoms with Crippen LogP contribution in [0.25, 0.3) is 0 Å². The van der Waals surface area contributed by atoms with E-state index in [1.54, 1.807) is 0 Å². The van der Waals surface area contributed by atoms with Gasteiger partial charge in [0, 0.05) is 19.1 Å². The molecule has 2 N–H and O–H groups in total. The summed E-state index contributed by atoms with van der Waals surface area (Å²) < 4.78 is 5.43. The van der Waals surface area contributed by atoms with Crippen LogP contribution >= 0.6 is 0 Å². The van der Waals surface area contributed by atoms with Crippen molar-refractivity contribution in [1.29, 1.82) is 0 Å². The zero-order valence-corrected chi connectivity index (χ0v) is 13.1. The van der Waals surface area contributed by atoms with Crippen LogP contribution in [0.4, 0.5) is 4.79 Å². The molecular weight excluding hydrogens is 270 g/mol. The van der Waals surface area contributed by atoms with E-state index in [2.05, 4.69) is 17.6 Å². The highest BCUT2D eigenvalue weighted by Gasteiger charge is 2.24. The summed E-state index contributed by atoms with van der Waals surface area (Å²) in [6.45, 7) is 6.50. The molecule has 3 unspecified atom stereocenters. The minimum Gasteiger partial charge on any atom is -0.376 e. The van der Waals surface area contributed by atoms with Crippen LogP contribution in [0.5, 0.6) is 0 Å². The summed E-state index contributed by atoms with van der Waals surface area (Å²) in [6.07, 6.45) is 4.67. The second-order valence-corrected chi connectivity index (χ2v) is 6.31. The van der Waals surface area contributed by atoms with Crippen molar-refractivity contribution in [2.24, 2.45) is 5.92 Å². The lowest BCUT2D eigenvalue weighted by atomic mass is 9.86. The van der Waals surface area contributed by atoms with Gasteiger partial charge in [0.15, 0.2) is 0 Å². The molecule has 3 atom stereocenters. The summed E-state index contributed by atoms with van der Waals surface area (Å²) in [7, 11) is 0. The normalized spacial score (nSPS) is 30.7. The number of nitrogens with one attached hydrogen (secondary N) is 2. The molecule has 0 bridgehead atoms. The predicted octanol–water partition coefficient (Wildman–Crippen LogP) is 1.11. The molecule has 1 aliphatic heterocycles. The van der Waals surface area contributed by atoms with Crippen LogP contribution < -0.4 is 10.6 Å². The molecule has 1 saturated heterocycles. The van der Waals surface area contributed by atoms with Crippen molar-refractivity contribution < 1.29 is 14.3 Å². The van der Waals surface area contributed by atoms with Gasteiger partial charge < -0.3 is 10.1 Å². The highest BCUT2D eigenvalue weighted by molar-refractivity contribution is 5.95. The van der Waals surface area contributed by atoms with Crippen LogP contribution in [-0.2, 0) is 9.53 Å². The number of ether oxygens (including phenoxy) is 1. The maximum atomic E-state index is 11.9. The van der Waals surface area contributed by atoms with Gasteiger partial charge in [-0.25, -0.2) is 4.79 Å². The van der Waals surface area contributed by atoms with Gasteiger partial charge in [-0.15, -0.1) is 0 Å². The predicted molar refractivity (Wildman–Crippen MR) is 79.9 cm³/mol. The average molecular weight is 297 g/mol. The van der Waals surface area contributed by atoms with Crippen LogP contribution in [0.1, 0.15) is 39.5 Å². The quantitative estimate of drug-likeness (QED) is 0.819. The average Bonchev–Trinajstić information content (AvgIpc) is 2.41. The molecule has 0 aromatic carbocycles. The lowest BCUT2D eigenvalue weighted by molar-refractivity contribution is -0.123. The minimum atomic E-state index is -0.361. The third kappa shape index (κ3) is 5.28. The van der Waals surface area contributed by atoms with E-state index in [1.807, 2.05) is 11.8 Å². The van der Waals surface area contributed by atoms with E-state index in [1.165, 1.54) is 6.42 Å². The Kier molecular flexibility index (Phi) is 5.99. The van der Waals surface area contributed by atoms with Gasteiger partial charge in [0.05, 0.1) is 19.3 Å². The van der Waals surface area contributed by atoms with E-state index < -0.39 is 0 Å². The van der Waals surface area contributed by atoms with Crippen molar-refractivity contribution in [1.82, 2.24) is 15.5 Å². The first-order chi connectivity index (χ1) is 10.0. The molecule has 1 aliphatic carbocycles. The molecule has 6 heteroatoms. The number of carbonyl (C=O) groups excluding carboxylic acids is 2. The van der Waals surface area contributed by atoms with Gasteiger partial charge >= 0.3 is 6.03 Å². The molecule has 2 aliphatic rings. The van der Waals surface area contributed by atoms with E-state index >= 15 is 0 Å². The van der Waals surface area contributed by atoms with E-state index in [4.69, 9.17) is 4.74 Å². The molecule has 21 heavy (non-hydrogen) atoms. The smallest absolute Gasteiger partial charge is 0.321 e. The molecule has 0 spiro atoms. The van der Waals surface area contributed by atoms with Crippen molar-refractivity contribution >= 4 is 11.9 Å². The summed E-state index contributed by atoms with van der Waals surface area (Å²) in [5, 5.41) is 5.37. The number of morpholine rings is 1. The Bertz CT molecular complexity index is 375. The molecule has 3 amide bonds. The lowest BCUT2D eigenvalue weighted by Gasteiger charge is -2.31. The van der Waals surface area contributed by atoms with Gasteiger partial charge in [0.25, 0.3) is 0 Å². The number of carbonyl (C=O) groups is 2. The number of imide groups is 1. The van der Waals surface area contributed by atoms with Crippen molar-refractivity contribution in [2.75, 3.05) is 26.2 Å². The fourth-order valence-corrected chi connectivity index (χ4v) is 3.14. The number of amides is 3. The lowest BCUT2D eigenvalue weighted by Crippen LogP contribution is -2.51. The van der Waals surface area contributed by atoms with Crippen molar-refractivity contribution in [3.8, 4) is 0 Å². The second kappa shape index (κ2) is 7.75. The molecular formula is C15H27N3O3. The van der Waals surface area contributed by atoms with Crippen LogP contribution in [0.3, 0.4) is 0 Å². The molecule has 0 aromatic heterocycles. The van der Waals surface area contributed by atoms with Crippen LogP contribution in [0.15, 0.2) is 0 Å². The van der Waals surface area contributed by atoms with E-state index in [-0.39, 0.29) is 30.6 Å². The monoisotopic (exact) mass is 297 g/mol. The zero-order valence-electron chi connectivity index (χ0n) is 13.1. The van der Waals surface area contributed by atoms with E-state index in [0.717, 1.165) is 32.4 Å². The Morgan fingerprint density at radius 2 is 2.00 bits per heavy atom. The van der Waals surface area contributed by atoms with Crippen LogP contribution in [0, 0.1) is 5.92 Å². The SMILES string of the molecule is CC1CN(CC(=O)NC(=O)NC2CCCCC2C)CCO1. The third-order valence-electron chi connectivity index (χ3n) is 4.37. The van der Waals surface area contributed by atoms with Crippen LogP contribution in [-0.4, -0.2) is 55.2 Å². The van der Waals surface area contributed by atoms with Gasteiger partial charge in [-0.05, 0) is 25.7 Å². The Hall–Kier alpha value is -1.14. The Morgan fingerprint density at radius 1 is 1.24 bits per heavy atom. The topological polar surface area (TPSA) is 70.7 Å². The number of hydrogen-bond acceptors (Lipinski definition) is 4. The molecule has 0 radical (unpaired) electrons. The van der Waals surface area contributed by atoms with E-state index in [9.17, 15) is 9.59 Å². The fraction of sp³-hybridized carbons (Fsp3) is 0.867. The Morgan fingerprint density at radius 3 is 2.71 bits per heavy atom. The summed E-state index contributed by atoms with van der Waals surface area (Å²) in [4.78, 5) is 25.8. The standard InChI is InChI=1S/C15H27N3O3/c1-11-5-3-4-6-13(11)16-15(20)17-14(19)10-18-7-8-21-12(2)9-18/h11-13H,3-10H2,1-2H3,(H2,16,17,19,20). The summed E-state index contributed by atoms with van der Waals surface area (Å²) in [5.74, 6) is 0.241. The first kappa shape index (κ1) is 16.2. The highest BCUT2D eigenvalue weighted by Crippen LogP contribution is 2.23. The number of hydrogen-bond donors (Lipinski definition) is 2. The van der Waals surface area contributed by atoms with Gasteiger partial charge in [-0.2, -0.15) is 0 Å². The van der Waals surface area contributed by atoms with Crippen molar-refractivity contribution in [3.63, 3.8) is 0 Å². The number of nitrogens with zero attached hydrogens (tertiary/aromatic N) is 1. The van der Waals surface area contributed by atoms with Crippen LogP contribution in [0.2, 0.25) is 0 Å².